The minimum Gasteiger partial charge on any atom is -0.549 e. The van der Waals surface area contributed by atoms with Crippen LogP contribution >= 0.6 is 11.8 Å². The van der Waals surface area contributed by atoms with Crippen LogP contribution in [0.15, 0.2) is 0 Å². The Labute approximate surface area is 104 Å². The van der Waals surface area contributed by atoms with Crippen molar-refractivity contribution in [3.63, 3.8) is 0 Å². The van der Waals surface area contributed by atoms with Crippen LogP contribution in [0.25, 0.3) is 0 Å². The Bertz CT molecular complexity index is 166. The maximum atomic E-state index is 9.96. The maximum absolute atomic E-state index is 9.96. The van der Waals surface area contributed by atoms with Gasteiger partial charge in [-0.3, -0.25) is 0 Å². The van der Waals surface area contributed by atoms with E-state index in [9.17, 15) is 19.8 Å². The molecule has 0 radical (unpaired) electrons. The third kappa shape index (κ3) is 8.60. The zero-order valence-electron chi connectivity index (χ0n) is 6.32. The fourth-order valence-electron chi connectivity index (χ4n) is 0.337. The number of nitrogens with two attached hydrogens (primary N) is 1. The van der Waals surface area contributed by atoms with Gasteiger partial charge in [-0.05, 0) is 0 Å². The molecule has 0 bridgehead atoms. The number of carbonyl (C=O) groups is 2. The van der Waals surface area contributed by atoms with E-state index >= 15 is 0 Å². The van der Waals surface area contributed by atoms with Crippen molar-refractivity contribution in [2.45, 2.75) is 6.04 Å². The average Bonchev–Trinajstić information content (AvgIpc) is 1.86. The summed E-state index contributed by atoms with van der Waals surface area (Å²) >= 11 is 0.890. The predicted octanol–water partition coefficient (Wildman–Crippen LogP) is -3.83. The first kappa shape index (κ1) is 15.0. The molecule has 0 aromatic carbocycles. The van der Waals surface area contributed by atoms with E-state index in [0.717, 1.165) is 11.8 Å². The number of aliphatic carboxylic acids is 2. The van der Waals surface area contributed by atoms with Gasteiger partial charge in [0.25, 0.3) is 0 Å². The summed E-state index contributed by atoms with van der Waals surface area (Å²) in [4.78, 5) is 19.8. The standard InChI is InChI=1S/C5H9NO4S.Ca/c6-3(5(9)10)1-11-2-4(7)8;/h3H,1-2,6H2,(H,7,8)(H,9,10);/q;+2/p-2/t3-;/m1./s1. The van der Waals surface area contributed by atoms with Gasteiger partial charge < -0.3 is 25.5 Å². The predicted molar refractivity (Wildman–Crippen MR) is 41.1 cm³/mol. The minimum absolute atomic E-state index is 0. The van der Waals surface area contributed by atoms with Crippen LogP contribution in [0.1, 0.15) is 0 Å². The summed E-state index contributed by atoms with van der Waals surface area (Å²) in [5.74, 6) is -2.84. The smallest absolute Gasteiger partial charge is 0.549 e. The Kier molecular flexibility index (Phi) is 10.2. The average molecular weight is 217 g/mol. The number of carbonyl (C=O) groups excluding carboxylic acids is 2. The fraction of sp³-hybridized carbons (Fsp3) is 0.600. The molecule has 0 aromatic rings. The van der Waals surface area contributed by atoms with Crippen molar-refractivity contribution in [1.29, 1.82) is 0 Å². The van der Waals surface area contributed by atoms with Crippen LogP contribution < -0.4 is 15.9 Å². The second-order valence-corrected chi connectivity index (χ2v) is 2.84. The van der Waals surface area contributed by atoms with Crippen molar-refractivity contribution in [3.05, 3.63) is 0 Å². The van der Waals surface area contributed by atoms with Gasteiger partial charge in [0.15, 0.2) is 0 Å². The Balaban J connectivity index is 0. The van der Waals surface area contributed by atoms with Gasteiger partial charge in [0.1, 0.15) is 0 Å². The molecule has 1 atom stereocenters. The van der Waals surface area contributed by atoms with Crippen LogP contribution in [0.3, 0.4) is 0 Å². The van der Waals surface area contributed by atoms with Crippen molar-refractivity contribution >= 4 is 61.4 Å². The Morgan fingerprint density at radius 2 is 1.92 bits per heavy atom. The summed E-state index contributed by atoms with van der Waals surface area (Å²) in [7, 11) is 0. The fourth-order valence-corrected chi connectivity index (χ4v) is 1.01. The van der Waals surface area contributed by atoms with E-state index in [2.05, 4.69) is 0 Å². The molecule has 0 rings (SSSR count). The van der Waals surface area contributed by atoms with Gasteiger partial charge >= 0.3 is 37.7 Å². The molecule has 64 valence electrons. The molecule has 2 N–H and O–H groups in total. The second kappa shape index (κ2) is 8.12. The van der Waals surface area contributed by atoms with Gasteiger partial charge in [-0.25, -0.2) is 0 Å². The van der Waals surface area contributed by atoms with Gasteiger partial charge in [0.2, 0.25) is 0 Å². The van der Waals surface area contributed by atoms with E-state index in [1.807, 2.05) is 0 Å². The number of hydrogen-bond donors (Lipinski definition) is 1. The summed E-state index contributed by atoms with van der Waals surface area (Å²) in [6.45, 7) is 0. The Morgan fingerprint density at radius 3 is 2.25 bits per heavy atom. The topological polar surface area (TPSA) is 106 Å². The summed E-state index contributed by atoms with van der Waals surface area (Å²) in [6, 6.07) is -1.11. The van der Waals surface area contributed by atoms with Crippen LogP contribution in [-0.2, 0) is 9.59 Å². The van der Waals surface area contributed by atoms with Crippen LogP contribution in [0.4, 0.5) is 0 Å². The van der Waals surface area contributed by atoms with Crippen molar-refractivity contribution in [2.75, 3.05) is 11.5 Å². The van der Waals surface area contributed by atoms with Crippen LogP contribution in [-0.4, -0.2) is 67.2 Å². The van der Waals surface area contributed by atoms with Gasteiger partial charge in [-0.2, -0.15) is 11.8 Å². The van der Waals surface area contributed by atoms with E-state index in [1.165, 1.54) is 0 Å². The van der Waals surface area contributed by atoms with Gasteiger partial charge in [0, 0.05) is 11.5 Å². The van der Waals surface area contributed by atoms with Gasteiger partial charge in [0.05, 0.1) is 18.0 Å². The van der Waals surface area contributed by atoms with Crippen molar-refractivity contribution in [2.24, 2.45) is 5.73 Å². The first-order valence-electron chi connectivity index (χ1n) is 2.78. The molecular formula is C5H7CaNO4S. The number of thioether (sulfide) groups is 1. The molecule has 0 saturated carbocycles. The van der Waals surface area contributed by atoms with E-state index in [0.29, 0.717) is 0 Å². The Hall–Kier alpha value is 0.510. The molecule has 0 spiro atoms. The van der Waals surface area contributed by atoms with Gasteiger partial charge in [-0.15, -0.1) is 0 Å². The van der Waals surface area contributed by atoms with E-state index in [4.69, 9.17) is 5.73 Å². The first-order valence-corrected chi connectivity index (χ1v) is 3.93. The second-order valence-electron chi connectivity index (χ2n) is 1.81. The van der Waals surface area contributed by atoms with Crippen molar-refractivity contribution in [1.82, 2.24) is 0 Å². The zero-order valence-corrected chi connectivity index (χ0v) is 9.34. The molecule has 0 unspecified atom stereocenters. The zero-order chi connectivity index (χ0) is 8.85. The molecular weight excluding hydrogens is 210 g/mol. The molecule has 0 amide bonds. The van der Waals surface area contributed by atoms with Crippen molar-refractivity contribution < 1.29 is 19.8 Å². The maximum Gasteiger partial charge on any atom is 2.00 e. The molecule has 0 heterocycles. The molecule has 5 nitrogen and oxygen atoms in total. The van der Waals surface area contributed by atoms with E-state index in [-0.39, 0.29) is 49.2 Å². The summed E-state index contributed by atoms with van der Waals surface area (Å²) < 4.78 is 0. The van der Waals surface area contributed by atoms with Crippen LogP contribution in [0, 0.1) is 0 Å². The number of rotatable bonds is 5. The SMILES string of the molecule is N[C@H](CSCC(=O)[O-])C(=O)[O-].[Ca+2]. The number of hydrogen-bond acceptors (Lipinski definition) is 6. The summed E-state index contributed by atoms with van der Waals surface area (Å²) in [6.07, 6.45) is 0. The Morgan fingerprint density at radius 1 is 1.42 bits per heavy atom. The first-order chi connectivity index (χ1) is 5.04. The molecule has 0 aromatic heterocycles. The van der Waals surface area contributed by atoms with Crippen molar-refractivity contribution in [3.8, 4) is 0 Å². The molecule has 12 heavy (non-hydrogen) atoms. The van der Waals surface area contributed by atoms with E-state index in [1.54, 1.807) is 0 Å². The van der Waals surface area contributed by atoms with Crippen LogP contribution in [0.2, 0.25) is 0 Å². The largest absolute Gasteiger partial charge is 2.00 e. The molecule has 0 aliphatic carbocycles. The summed E-state index contributed by atoms with van der Waals surface area (Å²) in [5, 5.41) is 19.8. The number of carboxylic acids is 2. The molecule has 7 heteroatoms. The summed E-state index contributed by atoms with van der Waals surface area (Å²) in [5.41, 5.74) is 5.01. The molecule has 0 aliphatic rings. The minimum atomic E-state index is -1.38. The normalized spacial score (nSPS) is 11.4. The van der Waals surface area contributed by atoms with E-state index < -0.39 is 18.0 Å². The molecule has 0 aliphatic heterocycles. The third-order valence-electron chi connectivity index (χ3n) is 0.820. The molecule has 0 saturated heterocycles. The number of carboxylic acid groups (broad SMARTS) is 2. The third-order valence-corrected chi connectivity index (χ3v) is 1.85. The quantitative estimate of drug-likeness (QED) is 0.473. The van der Waals surface area contributed by atoms with Gasteiger partial charge in [-0.1, -0.05) is 0 Å². The van der Waals surface area contributed by atoms with Crippen LogP contribution in [0.5, 0.6) is 0 Å². The molecule has 0 fully saturated rings. The monoisotopic (exact) mass is 217 g/mol.